The quantitative estimate of drug-likeness (QED) is 0.933. The van der Waals surface area contributed by atoms with Crippen molar-refractivity contribution >= 4 is 16.9 Å². The molecule has 3 rings (SSSR count). The van der Waals surface area contributed by atoms with Crippen LogP contribution in [-0.2, 0) is 18.3 Å². The summed E-state index contributed by atoms with van der Waals surface area (Å²) in [7, 11) is 3.66. The first-order valence-corrected chi connectivity index (χ1v) is 8.67. The van der Waals surface area contributed by atoms with Crippen molar-refractivity contribution in [2.75, 3.05) is 13.6 Å². The van der Waals surface area contributed by atoms with Gasteiger partial charge in [-0.05, 0) is 43.7 Å². The maximum absolute atomic E-state index is 12.6. The monoisotopic (exact) mass is 330 g/mol. The molecule has 1 fully saturated rings. The molecule has 1 saturated carbocycles. The second kappa shape index (κ2) is 6.42. The van der Waals surface area contributed by atoms with Crippen LogP contribution in [0.25, 0.3) is 11.0 Å². The Balaban J connectivity index is 1.85. The fraction of sp³-hybridized carbons (Fsp3) is 0.611. The fourth-order valence-electron chi connectivity index (χ4n) is 3.88. The number of aromatic amines is 1. The molecule has 2 heterocycles. The third-order valence-corrected chi connectivity index (χ3v) is 5.34. The molecule has 0 aromatic carbocycles. The topological polar surface area (TPSA) is 71.0 Å². The van der Waals surface area contributed by atoms with Gasteiger partial charge in [-0.25, -0.2) is 4.98 Å². The van der Waals surface area contributed by atoms with Gasteiger partial charge in [-0.3, -0.25) is 19.4 Å². The van der Waals surface area contributed by atoms with Crippen LogP contribution >= 0.6 is 0 Å². The summed E-state index contributed by atoms with van der Waals surface area (Å²) in [5, 5.41) is 3.33. The first kappa shape index (κ1) is 16.7. The molecule has 0 bridgehead atoms. The van der Waals surface area contributed by atoms with Gasteiger partial charge >= 0.3 is 0 Å². The van der Waals surface area contributed by atoms with Crippen molar-refractivity contribution in [2.45, 2.75) is 46.0 Å². The van der Waals surface area contributed by atoms with E-state index in [4.69, 9.17) is 0 Å². The van der Waals surface area contributed by atoms with Gasteiger partial charge in [-0.2, -0.15) is 0 Å². The van der Waals surface area contributed by atoms with E-state index in [9.17, 15) is 9.59 Å². The molecule has 0 radical (unpaired) electrons. The zero-order valence-corrected chi connectivity index (χ0v) is 15.0. The fourth-order valence-corrected chi connectivity index (χ4v) is 3.88. The highest BCUT2D eigenvalue weighted by molar-refractivity contribution is 5.84. The largest absolute Gasteiger partial charge is 0.345 e. The minimum Gasteiger partial charge on any atom is -0.345 e. The number of carbonyl (C=O) groups excluding carboxylic acids is 1. The van der Waals surface area contributed by atoms with Crippen molar-refractivity contribution in [3.8, 4) is 0 Å². The van der Waals surface area contributed by atoms with Crippen LogP contribution in [-0.4, -0.2) is 39.2 Å². The van der Waals surface area contributed by atoms with E-state index in [2.05, 4.69) is 10.1 Å². The van der Waals surface area contributed by atoms with Crippen LogP contribution < -0.4 is 5.56 Å². The van der Waals surface area contributed by atoms with Crippen LogP contribution in [0.2, 0.25) is 0 Å². The number of aryl methyl sites for hydroxylation is 3. The number of pyridine rings is 1. The normalized spacial score (nSPS) is 15.3. The summed E-state index contributed by atoms with van der Waals surface area (Å²) in [5.41, 5.74) is 3.05. The van der Waals surface area contributed by atoms with Gasteiger partial charge in [-0.15, -0.1) is 0 Å². The smallest absolute Gasteiger partial charge is 0.273 e. The van der Waals surface area contributed by atoms with E-state index in [0.29, 0.717) is 23.4 Å². The van der Waals surface area contributed by atoms with Gasteiger partial charge in [-0.1, -0.05) is 12.8 Å². The molecule has 2 aromatic heterocycles. The molecule has 0 spiro atoms. The summed E-state index contributed by atoms with van der Waals surface area (Å²) in [6, 6.07) is 0. The van der Waals surface area contributed by atoms with E-state index in [0.717, 1.165) is 23.4 Å². The number of amides is 1. The SMILES string of the molecule is Cc1nc2c(c(C)c1CC(=O)N(C)CC1CCCC1)c(=O)[nH]n2C. The second-order valence-electron chi connectivity index (χ2n) is 7.10. The first-order valence-electron chi connectivity index (χ1n) is 8.67. The molecule has 130 valence electrons. The van der Waals surface area contributed by atoms with Crippen LogP contribution in [0.4, 0.5) is 0 Å². The van der Waals surface area contributed by atoms with Crippen molar-refractivity contribution in [2.24, 2.45) is 13.0 Å². The van der Waals surface area contributed by atoms with Crippen LogP contribution in [0.1, 0.15) is 42.5 Å². The maximum atomic E-state index is 12.6. The molecule has 0 aliphatic heterocycles. The molecular formula is C18H26N4O2. The van der Waals surface area contributed by atoms with Crippen LogP contribution in [0.5, 0.6) is 0 Å². The summed E-state index contributed by atoms with van der Waals surface area (Å²) in [6.07, 6.45) is 5.31. The molecule has 0 unspecified atom stereocenters. The average Bonchev–Trinajstić information content (AvgIpc) is 3.11. The molecule has 6 heteroatoms. The predicted octanol–water partition coefficient (Wildman–Crippen LogP) is 2.07. The Kier molecular flexibility index (Phi) is 4.47. The number of hydrogen-bond donors (Lipinski definition) is 1. The minimum absolute atomic E-state index is 0.0987. The number of H-pyrrole nitrogens is 1. The zero-order chi connectivity index (χ0) is 17.4. The number of hydrogen-bond acceptors (Lipinski definition) is 3. The van der Waals surface area contributed by atoms with Gasteiger partial charge in [0.2, 0.25) is 5.91 Å². The summed E-state index contributed by atoms with van der Waals surface area (Å²) in [4.78, 5) is 31.1. The highest BCUT2D eigenvalue weighted by Gasteiger charge is 2.22. The van der Waals surface area contributed by atoms with E-state index < -0.39 is 0 Å². The Bertz CT molecular complexity index is 828. The zero-order valence-electron chi connectivity index (χ0n) is 15.0. The molecule has 0 atom stereocenters. The number of nitrogens with zero attached hydrogens (tertiary/aromatic N) is 3. The van der Waals surface area contributed by atoms with Crippen molar-refractivity contribution in [1.29, 1.82) is 0 Å². The third-order valence-electron chi connectivity index (χ3n) is 5.34. The molecule has 1 amide bonds. The number of likely N-dealkylation sites (N-methyl/N-ethyl adjacent to an activating group) is 1. The second-order valence-corrected chi connectivity index (χ2v) is 7.10. The van der Waals surface area contributed by atoms with Crippen LogP contribution in [0.3, 0.4) is 0 Å². The molecular weight excluding hydrogens is 304 g/mol. The number of aromatic nitrogens is 3. The molecule has 1 aliphatic rings. The van der Waals surface area contributed by atoms with E-state index in [1.807, 2.05) is 25.8 Å². The summed E-state index contributed by atoms with van der Waals surface area (Å²) in [6.45, 7) is 4.65. The van der Waals surface area contributed by atoms with Crippen molar-refractivity contribution in [3.05, 3.63) is 27.2 Å². The lowest BCUT2D eigenvalue weighted by Gasteiger charge is -2.22. The first-order chi connectivity index (χ1) is 11.4. The molecule has 6 nitrogen and oxygen atoms in total. The van der Waals surface area contributed by atoms with E-state index in [-0.39, 0.29) is 11.5 Å². The molecule has 0 saturated heterocycles. The molecule has 1 aliphatic carbocycles. The minimum atomic E-state index is -0.148. The number of nitrogens with one attached hydrogen (secondary N) is 1. The van der Waals surface area contributed by atoms with Gasteiger partial charge in [0.25, 0.3) is 5.56 Å². The van der Waals surface area contributed by atoms with E-state index >= 15 is 0 Å². The summed E-state index contributed by atoms with van der Waals surface area (Å²) >= 11 is 0. The van der Waals surface area contributed by atoms with Crippen molar-refractivity contribution in [1.82, 2.24) is 19.7 Å². The lowest BCUT2D eigenvalue weighted by atomic mass is 10.0. The number of rotatable bonds is 4. The van der Waals surface area contributed by atoms with Crippen molar-refractivity contribution < 1.29 is 4.79 Å². The van der Waals surface area contributed by atoms with E-state index in [1.54, 1.807) is 11.7 Å². The third kappa shape index (κ3) is 2.97. The maximum Gasteiger partial charge on any atom is 0.273 e. The number of carbonyl (C=O) groups is 1. The Labute approximate surface area is 141 Å². The highest BCUT2D eigenvalue weighted by Crippen LogP contribution is 2.26. The van der Waals surface area contributed by atoms with Crippen LogP contribution in [0, 0.1) is 19.8 Å². The average molecular weight is 330 g/mol. The van der Waals surface area contributed by atoms with Gasteiger partial charge in [0.15, 0.2) is 5.65 Å². The lowest BCUT2D eigenvalue weighted by molar-refractivity contribution is -0.129. The Hall–Kier alpha value is -2.11. The Morgan fingerprint density at radius 3 is 2.67 bits per heavy atom. The standard InChI is InChI=1S/C18H26N4O2/c1-11-14(9-15(23)21(3)10-13-7-5-6-8-13)12(2)19-17-16(11)18(24)20-22(17)4/h13H,5-10H2,1-4H3,(H,20,24). The molecule has 1 N–H and O–H groups in total. The van der Waals surface area contributed by atoms with E-state index in [1.165, 1.54) is 25.7 Å². The van der Waals surface area contributed by atoms with Gasteiger partial charge < -0.3 is 4.90 Å². The van der Waals surface area contributed by atoms with Gasteiger partial charge in [0.05, 0.1) is 11.8 Å². The van der Waals surface area contributed by atoms with Gasteiger partial charge in [0.1, 0.15) is 0 Å². The van der Waals surface area contributed by atoms with Crippen molar-refractivity contribution in [3.63, 3.8) is 0 Å². The Morgan fingerprint density at radius 2 is 2.00 bits per heavy atom. The highest BCUT2D eigenvalue weighted by atomic mass is 16.2. The lowest BCUT2D eigenvalue weighted by Crippen LogP contribution is -2.32. The summed E-state index contributed by atoms with van der Waals surface area (Å²) in [5.74, 6) is 0.736. The van der Waals surface area contributed by atoms with Gasteiger partial charge in [0, 0.05) is 26.3 Å². The Morgan fingerprint density at radius 1 is 1.33 bits per heavy atom. The van der Waals surface area contributed by atoms with Crippen LogP contribution in [0.15, 0.2) is 4.79 Å². The predicted molar refractivity (Wildman–Crippen MR) is 94.1 cm³/mol. The summed E-state index contributed by atoms with van der Waals surface area (Å²) < 4.78 is 1.63. The molecule has 2 aromatic rings. The number of fused-ring (bicyclic) bond motifs is 1. The molecule has 24 heavy (non-hydrogen) atoms.